The smallest absolute Gasteiger partial charge is 0.305 e. The number of anilines is 1. The van der Waals surface area contributed by atoms with Crippen LogP contribution in [0.25, 0.3) is 0 Å². The summed E-state index contributed by atoms with van der Waals surface area (Å²) in [5, 5.41) is 12.1. The minimum absolute atomic E-state index is 0.0892. The van der Waals surface area contributed by atoms with Crippen molar-refractivity contribution in [2.24, 2.45) is 0 Å². The molecule has 0 aliphatic heterocycles. The number of benzene rings is 2. The Balaban J connectivity index is 1.78. The first-order valence-electron chi connectivity index (χ1n) is 9.38. The van der Waals surface area contributed by atoms with Crippen LogP contribution in [0.2, 0.25) is 0 Å². The molecule has 2 aromatic rings. The van der Waals surface area contributed by atoms with Crippen molar-refractivity contribution in [2.45, 2.75) is 37.6 Å². The van der Waals surface area contributed by atoms with Gasteiger partial charge in [-0.05, 0) is 43.2 Å². The van der Waals surface area contributed by atoms with Crippen molar-refractivity contribution >= 4 is 23.5 Å². The van der Waals surface area contributed by atoms with E-state index in [1.165, 1.54) is 4.90 Å². The van der Waals surface area contributed by atoms with E-state index in [2.05, 4.69) is 5.32 Å². The molecule has 6 nitrogen and oxygen atoms in total. The molecule has 1 saturated carbocycles. The van der Waals surface area contributed by atoms with Gasteiger partial charge in [0, 0.05) is 23.9 Å². The fourth-order valence-corrected chi connectivity index (χ4v) is 3.76. The van der Waals surface area contributed by atoms with Gasteiger partial charge >= 0.3 is 5.97 Å². The summed E-state index contributed by atoms with van der Waals surface area (Å²) in [6.45, 7) is 0. The molecule has 28 heavy (non-hydrogen) atoms. The zero-order chi connectivity index (χ0) is 20.1. The van der Waals surface area contributed by atoms with Gasteiger partial charge in [0.1, 0.15) is 0 Å². The fraction of sp³-hybridized carbons (Fsp3) is 0.318. The summed E-state index contributed by atoms with van der Waals surface area (Å²) in [5.41, 5.74) is 0.805. The van der Waals surface area contributed by atoms with Crippen molar-refractivity contribution in [1.82, 2.24) is 5.32 Å². The normalized spacial score (nSPS) is 15.0. The Morgan fingerprint density at radius 1 is 1.00 bits per heavy atom. The molecule has 1 aliphatic carbocycles. The molecule has 0 bridgehead atoms. The van der Waals surface area contributed by atoms with E-state index in [9.17, 15) is 19.5 Å². The lowest BCUT2D eigenvalue weighted by molar-refractivity contribution is -0.138. The van der Waals surface area contributed by atoms with E-state index in [1.54, 1.807) is 31.3 Å². The molecular weight excluding hydrogens is 356 g/mol. The van der Waals surface area contributed by atoms with E-state index < -0.39 is 11.5 Å². The van der Waals surface area contributed by atoms with Crippen molar-refractivity contribution < 1.29 is 19.5 Å². The van der Waals surface area contributed by atoms with Crippen LogP contribution in [0.1, 0.15) is 52.8 Å². The van der Waals surface area contributed by atoms with Crippen molar-refractivity contribution in [3.8, 4) is 0 Å². The van der Waals surface area contributed by atoms with Crippen LogP contribution >= 0.6 is 0 Å². The molecule has 0 heterocycles. The second kappa shape index (κ2) is 8.25. The lowest BCUT2D eigenvalue weighted by atomic mass is 9.92. The molecule has 2 amide bonds. The van der Waals surface area contributed by atoms with Crippen molar-refractivity contribution in [3.63, 3.8) is 0 Å². The van der Waals surface area contributed by atoms with Crippen LogP contribution in [-0.2, 0) is 4.79 Å². The van der Waals surface area contributed by atoms with Crippen LogP contribution in [0.3, 0.4) is 0 Å². The molecule has 0 aromatic heterocycles. The maximum atomic E-state index is 12.8. The Labute approximate surface area is 164 Å². The van der Waals surface area contributed by atoms with Crippen LogP contribution < -0.4 is 10.2 Å². The molecule has 0 atom stereocenters. The quantitative estimate of drug-likeness (QED) is 0.803. The number of rotatable bonds is 6. The molecule has 2 aromatic carbocycles. The summed E-state index contributed by atoms with van der Waals surface area (Å²) in [7, 11) is 1.69. The van der Waals surface area contributed by atoms with Crippen molar-refractivity contribution in [1.29, 1.82) is 0 Å². The van der Waals surface area contributed by atoms with Crippen LogP contribution in [0.4, 0.5) is 5.69 Å². The number of carboxylic acid groups (broad SMARTS) is 1. The number of aliphatic carboxylic acids is 1. The van der Waals surface area contributed by atoms with Crippen molar-refractivity contribution in [2.75, 3.05) is 11.9 Å². The largest absolute Gasteiger partial charge is 0.481 e. The number of amides is 2. The van der Waals surface area contributed by atoms with Crippen LogP contribution in [-0.4, -0.2) is 35.5 Å². The SMILES string of the molecule is CN(C(=O)c1cccc(C(=O)NC2(CC(=O)O)CCCC2)c1)c1ccccc1. The van der Waals surface area contributed by atoms with E-state index in [-0.39, 0.29) is 18.2 Å². The van der Waals surface area contributed by atoms with Gasteiger partial charge in [-0.25, -0.2) is 0 Å². The monoisotopic (exact) mass is 380 g/mol. The van der Waals surface area contributed by atoms with Crippen molar-refractivity contribution in [3.05, 3.63) is 65.7 Å². The summed E-state index contributed by atoms with van der Waals surface area (Å²) in [5.74, 6) is -1.49. The molecular formula is C22H24N2O4. The number of nitrogens with zero attached hydrogens (tertiary/aromatic N) is 1. The van der Waals surface area contributed by atoms with Gasteiger partial charge in [0.25, 0.3) is 11.8 Å². The van der Waals surface area contributed by atoms with Gasteiger partial charge in [-0.2, -0.15) is 0 Å². The Morgan fingerprint density at radius 2 is 1.64 bits per heavy atom. The van der Waals surface area contributed by atoms with Gasteiger partial charge in [0.2, 0.25) is 0 Å². The zero-order valence-corrected chi connectivity index (χ0v) is 15.9. The standard InChI is InChI=1S/C22H24N2O4/c1-24(18-10-3-2-4-11-18)21(28)17-9-7-8-16(14-17)20(27)23-22(15-19(25)26)12-5-6-13-22/h2-4,7-11,14H,5-6,12-13,15H2,1H3,(H,23,27)(H,25,26). The Bertz CT molecular complexity index is 873. The average Bonchev–Trinajstić information content (AvgIpc) is 3.14. The summed E-state index contributed by atoms with van der Waals surface area (Å²) in [6.07, 6.45) is 3.01. The van der Waals surface area contributed by atoms with E-state index in [1.807, 2.05) is 30.3 Å². The highest BCUT2D eigenvalue weighted by atomic mass is 16.4. The molecule has 146 valence electrons. The third-order valence-electron chi connectivity index (χ3n) is 5.25. The third-order valence-corrected chi connectivity index (χ3v) is 5.25. The Kier molecular flexibility index (Phi) is 5.78. The van der Waals surface area contributed by atoms with Crippen LogP contribution in [0, 0.1) is 0 Å². The number of hydrogen-bond acceptors (Lipinski definition) is 3. The molecule has 0 radical (unpaired) electrons. The number of carbonyl (C=O) groups is 3. The highest BCUT2D eigenvalue weighted by molar-refractivity contribution is 6.07. The number of para-hydroxylation sites is 1. The molecule has 1 fully saturated rings. The van der Waals surface area contributed by atoms with E-state index in [4.69, 9.17) is 0 Å². The highest BCUT2D eigenvalue weighted by Gasteiger charge is 2.37. The molecule has 6 heteroatoms. The topological polar surface area (TPSA) is 86.7 Å². The lowest BCUT2D eigenvalue weighted by Crippen LogP contribution is -2.47. The fourth-order valence-electron chi connectivity index (χ4n) is 3.76. The summed E-state index contributed by atoms with van der Waals surface area (Å²) in [6, 6.07) is 15.8. The second-order valence-corrected chi connectivity index (χ2v) is 7.29. The Hall–Kier alpha value is -3.15. The average molecular weight is 380 g/mol. The number of hydrogen-bond donors (Lipinski definition) is 2. The predicted octanol–water partition coefficient (Wildman–Crippen LogP) is 3.48. The van der Waals surface area contributed by atoms with Gasteiger partial charge < -0.3 is 15.3 Å². The lowest BCUT2D eigenvalue weighted by Gasteiger charge is -2.28. The summed E-state index contributed by atoms with van der Waals surface area (Å²) in [4.78, 5) is 38.3. The highest BCUT2D eigenvalue weighted by Crippen LogP contribution is 2.33. The first-order valence-corrected chi connectivity index (χ1v) is 9.38. The molecule has 0 saturated heterocycles. The number of carbonyl (C=O) groups excluding carboxylic acids is 2. The van der Waals surface area contributed by atoms with Gasteiger partial charge in [0.05, 0.1) is 12.0 Å². The molecule has 0 unspecified atom stereocenters. The van der Waals surface area contributed by atoms with E-state index in [0.717, 1.165) is 18.5 Å². The predicted molar refractivity (Wildman–Crippen MR) is 107 cm³/mol. The van der Waals surface area contributed by atoms with E-state index in [0.29, 0.717) is 24.0 Å². The minimum Gasteiger partial charge on any atom is -0.481 e. The zero-order valence-electron chi connectivity index (χ0n) is 15.9. The van der Waals surface area contributed by atoms with Crippen LogP contribution in [0.15, 0.2) is 54.6 Å². The number of nitrogens with one attached hydrogen (secondary N) is 1. The maximum Gasteiger partial charge on any atom is 0.305 e. The second-order valence-electron chi connectivity index (χ2n) is 7.29. The van der Waals surface area contributed by atoms with Gasteiger partial charge in [-0.15, -0.1) is 0 Å². The number of carboxylic acids is 1. The Morgan fingerprint density at radius 3 is 2.29 bits per heavy atom. The van der Waals surface area contributed by atoms with Gasteiger partial charge in [0.15, 0.2) is 0 Å². The molecule has 1 aliphatic rings. The molecule has 0 spiro atoms. The molecule has 3 rings (SSSR count). The summed E-state index contributed by atoms with van der Waals surface area (Å²) >= 11 is 0. The van der Waals surface area contributed by atoms with Gasteiger partial charge in [-0.3, -0.25) is 14.4 Å². The first kappa shape index (κ1) is 19.6. The maximum absolute atomic E-state index is 12.8. The minimum atomic E-state index is -0.921. The van der Waals surface area contributed by atoms with Crippen LogP contribution in [0.5, 0.6) is 0 Å². The first-order chi connectivity index (χ1) is 13.4. The summed E-state index contributed by atoms with van der Waals surface area (Å²) < 4.78 is 0. The third kappa shape index (κ3) is 4.39. The van der Waals surface area contributed by atoms with E-state index >= 15 is 0 Å². The molecule has 2 N–H and O–H groups in total. The van der Waals surface area contributed by atoms with Gasteiger partial charge in [-0.1, -0.05) is 37.1 Å².